The fraction of sp³-hybridized carbons (Fsp3) is 0.364. The second-order valence-electron chi connectivity index (χ2n) is 3.82. The molecule has 1 aromatic heterocycles. The van der Waals surface area contributed by atoms with E-state index >= 15 is 0 Å². The van der Waals surface area contributed by atoms with Crippen LogP contribution in [0.2, 0.25) is 0 Å². The molecule has 0 spiro atoms. The van der Waals surface area contributed by atoms with Crippen molar-refractivity contribution in [2.45, 2.75) is 5.16 Å². The molecule has 0 N–H and O–H groups in total. The Morgan fingerprint density at radius 2 is 2.11 bits per heavy atom. The van der Waals surface area contributed by atoms with Gasteiger partial charge in [0, 0.05) is 12.8 Å². The molecule has 98 valence electrons. The van der Waals surface area contributed by atoms with Crippen LogP contribution in [0.1, 0.15) is 0 Å². The van der Waals surface area contributed by atoms with E-state index in [1.807, 2.05) is 35.9 Å². The molecule has 0 unspecified atom stereocenters. The van der Waals surface area contributed by atoms with Gasteiger partial charge in [0.05, 0.1) is 23.9 Å². The number of benzene rings is 1. The van der Waals surface area contributed by atoms with Gasteiger partial charge in [-0.05, 0) is 12.1 Å². The van der Waals surface area contributed by atoms with Crippen molar-refractivity contribution in [3.05, 3.63) is 24.3 Å². The molecule has 7 heteroatoms. The van der Waals surface area contributed by atoms with Gasteiger partial charge < -0.3 is 4.57 Å². The molecule has 2 aromatic rings. The van der Waals surface area contributed by atoms with Gasteiger partial charge in [-0.2, -0.15) is 8.42 Å². The van der Waals surface area contributed by atoms with E-state index in [2.05, 4.69) is 9.17 Å². The zero-order valence-corrected chi connectivity index (χ0v) is 11.8. The van der Waals surface area contributed by atoms with Gasteiger partial charge in [-0.25, -0.2) is 4.98 Å². The molecule has 0 radical (unpaired) electrons. The monoisotopic (exact) mass is 286 g/mol. The molecule has 0 bridgehead atoms. The summed E-state index contributed by atoms with van der Waals surface area (Å²) >= 11 is 1.48. The van der Waals surface area contributed by atoms with Gasteiger partial charge in [0.15, 0.2) is 5.16 Å². The van der Waals surface area contributed by atoms with Crippen molar-refractivity contribution in [3.8, 4) is 0 Å². The molecule has 0 aliphatic carbocycles. The van der Waals surface area contributed by atoms with E-state index < -0.39 is 10.1 Å². The van der Waals surface area contributed by atoms with Gasteiger partial charge in [0.2, 0.25) is 0 Å². The standard InChI is InChI=1S/C11H14N2O3S2/c1-13-10-6-4-3-5-9(10)12-11(13)17-8-7-16-18(2,14)15/h3-6H,7-8H2,1-2H3. The predicted octanol–water partition coefficient (Wildman–Crippen LogP) is 1.64. The molecule has 0 atom stereocenters. The Hall–Kier alpha value is -1.05. The molecule has 0 aliphatic heterocycles. The number of imidazole rings is 1. The summed E-state index contributed by atoms with van der Waals surface area (Å²) in [5.74, 6) is 0.546. The van der Waals surface area contributed by atoms with Crippen molar-refractivity contribution in [2.75, 3.05) is 18.6 Å². The topological polar surface area (TPSA) is 61.2 Å². The van der Waals surface area contributed by atoms with Gasteiger partial charge in [0.25, 0.3) is 10.1 Å². The maximum absolute atomic E-state index is 10.8. The first kappa shape index (κ1) is 13.4. The van der Waals surface area contributed by atoms with E-state index in [-0.39, 0.29) is 6.61 Å². The summed E-state index contributed by atoms with van der Waals surface area (Å²) < 4.78 is 28.3. The second kappa shape index (κ2) is 5.29. The van der Waals surface area contributed by atoms with Crippen LogP contribution in [0.25, 0.3) is 11.0 Å². The number of para-hydroxylation sites is 2. The van der Waals surface area contributed by atoms with E-state index in [1.165, 1.54) is 11.8 Å². The van der Waals surface area contributed by atoms with E-state index in [0.717, 1.165) is 22.4 Å². The van der Waals surface area contributed by atoms with Crippen LogP contribution < -0.4 is 0 Å². The summed E-state index contributed by atoms with van der Waals surface area (Å²) in [5, 5.41) is 0.855. The number of aryl methyl sites for hydroxylation is 1. The Labute approximate surface area is 110 Å². The van der Waals surface area contributed by atoms with E-state index in [0.29, 0.717) is 5.75 Å². The van der Waals surface area contributed by atoms with Crippen LogP contribution in [0.3, 0.4) is 0 Å². The Balaban J connectivity index is 2.02. The molecule has 5 nitrogen and oxygen atoms in total. The minimum Gasteiger partial charge on any atom is -0.322 e. The molecule has 1 aromatic carbocycles. The maximum Gasteiger partial charge on any atom is 0.264 e. The number of rotatable bonds is 5. The first-order valence-corrected chi connectivity index (χ1v) is 8.16. The first-order valence-electron chi connectivity index (χ1n) is 5.36. The fourth-order valence-electron chi connectivity index (χ4n) is 1.57. The van der Waals surface area contributed by atoms with Gasteiger partial charge in [-0.3, -0.25) is 4.18 Å². The highest BCUT2D eigenvalue weighted by molar-refractivity contribution is 7.99. The Bertz CT molecular complexity index is 649. The Kier molecular flexibility index (Phi) is 3.94. The lowest BCUT2D eigenvalue weighted by atomic mass is 10.3. The lowest BCUT2D eigenvalue weighted by Crippen LogP contribution is -2.06. The lowest BCUT2D eigenvalue weighted by molar-refractivity contribution is 0.345. The van der Waals surface area contributed by atoms with Gasteiger partial charge in [-0.1, -0.05) is 23.9 Å². The van der Waals surface area contributed by atoms with E-state index in [9.17, 15) is 8.42 Å². The number of aromatic nitrogens is 2. The first-order chi connectivity index (χ1) is 8.47. The average molecular weight is 286 g/mol. The molecule has 1 heterocycles. The van der Waals surface area contributed by atoms with E-state index in [4.69, 9.17) is 0 Å². The number of thioether (sulfide) groups is 1. The molecule has 0 amide bonds. The van der Waals surface area contributed by atoms with Crippen molar-refractivity contribution in [1.82, 2.24) is 9.55 Å². The normalized spacial score (nSPS) is 12.1. The van der Waals surface area contributed by atoms with Crippen LogP contribution in [0.5, 0.6) is 0 Å². The predicted molar refractivity (Wildman–Crippen MR) is 72.2 cm³/mol. The minimum absolute atomic E-state index is 0.159. The van der Waals surface area contributed by atoms with Gasteiger partial charge >= 0.3 is 0 Å². The Morgan fingerprint density at radius 1 is 1.39 bits per heavy atom. The van der Waals surface area contributed by atoms with Crippen molar-refractivity contribution < 1.29 is 12.6 Å². The zero-order valence-electron chi connectivity index (χ0n) is 10.2. The highest BCUT2D eigenvalue weighted by atomic mass is 32.2. The highest BCUT2D eigenvalue weighted by Gasteiger charge is 2.08. The van der Waals surface area contributed by atoms with Crippen molar-refractivity contribution in [1.29, 1.82) is 0 Å². The quantitative estimate of drug-likeness (QED) is 0.475. The van der Waals surface area contributed by atoms with E-state index in [1.54, 1.807) is 0 Å². The van der Waals surface area contributed by atoms with Gasteiger partial charge in [-0.15, -0.1) is 0 Å². The summed E-state index contributed by atoms with van der Waals surface area (Å²) in [7, 11) is -1.41. The van der Waals surface area contributed by atoms with Crippen LogP contribution in [0.15, 0.2) is 29.4 Å². The summed E-state index contributed by atoms with van der Waals surface area (Å²) in [6.45, 7) is 0.159. The SMILES string of the molecule is Cn1c(SCCOS(C)(=O)=O)nc2ccccc21. The molecule has 2 rings (SSSR count). The average Bonchev–Trinajstić information content (AvgIpc) is 2.62. The third kappa shape index (κ3) is 3.24. The number of fused-ring (bicyclic) bond motifs is 1. The minimum atomic E-state index is -3.35. The van der Waals surface area contributed by atoms with Crippen LogP contribution in [-0.4, -0.2) is 36.6 Å². The van der Waals surface area contributed by atoms with Crippen LogP contribution in [0.4, 0.5) is 0 Å². The van der Waals surface area contributed by atoms with Crippen molar-refractivity contribution >= 4 is 32.9 Å². The summed E-state index contributed by atoms with van der Waals surface area (Å²) in [6.07, 6.45) is 1.05. The number of hydrogen-bond acceptors (Lipinski definition) is 5. The zero-order chi connectivity index (χ0) is 13.2. The summed E-state index contributed by atoms with van der Waals surface area (Å²) in [5.41, 5.74) is 2.00. The Morgan fingerprint density at radius 3 is 2.78 bits per heavy atom. The molecular formula is C11H14N2O3S2. The number of nitrogens with zero attached hydrogens (tertiary/aromatic N) is 2. The van der Waals surface area contributed by atoms with Crippen LogP contribution in [0, 0.1) is 0 Å². The molecule has 0 saturated carbocycles. The second-order valence-corrected chi connectivity index (χ2v) is 6.52. The molecule has 0 aliphatic rings. The third-order valence-corrected chi connectivity index (χ3v) is 3.95. The van der Waals surface area contributed by atoms with Crippen molar-refractivity contribution in [3.63, 3.8) is 0 Å². The lowest BCUT2D eigenvalue weighted by Gasteiger charge is -2.02. The summed E-state index contributed by atoms with van der Waals surface area (Å²) in [6, 6.07) is 7.85. The molecule has 18 heavy (non-hydrogen) atoms. The smallest absolute Gasteiger partial charge is 0.264 e. The van der Waals surface area contributed by atoms with Crippen LogP contribution in [-0.2, 0) is 21.3 Å². The molecule has 0 fully saturated rings. The maximum atomic E-state index is 10.8. The van der Waals surface area contributed by atoms with Crippen LogP contribution >= 0.6 is 11.8 Å². The molecule has 0 saturated heterocycles. The number of hydrogen-bond donors (Lipinski definition) is 0. The highest BCUT2D eigenvalue weighted by Crippen LogP contribution is 2.22. The van der Waals surface area contributed by atoms with Crippen molar-refractivity contribution in [2.24, 2.45) is 7.05 Å². The molecular weight excluding hydrogens is 272 g/mol. The van der Waals surface area contributed by atoms with Gasteiger partial charge in [0.1, 0.15) is 0 Å². The fourth-order valence-corrected chi connectivity index (χ4v) is 2.87. The largest absolute Gasteiger partial charge is 0.322 e. The summed E-state index contributed by atoms with van der Waals surface area (Å²) in [4.78, 5) is 4.47. The third-order valence-electron chi connectivity index (χ3n) is 2.36.